The summed E-state index contributed by atoms with van der Waals surface area (Å²) in [6, 6.07) is 0.938. The quantitative estimate of drug-likeness (QED) is 0.268. The maximum absolute atomic E-state index is 14.4. The van der Waals surface area contributed by atoms with Gasteiger partial charge in [0.2, 0.25) is 0 Å². The predicted molar refractivity (Wildman–Crippen MR) is 113 cm³/mol. The number of anilines is 1. The summed E-state index contributed by atoms with van der Waals surface area (Å²) in [6.07, 6.45) is -0.692. The number of alkyl halides is 5. The van der Waals surface area contributed by atoms with Gasteiger partial charge in [-0.25, -0.2) is 26.3 Å². The van der Waals surface area contributed by atoms with E-state index in [1.54, 1.807) is 0 Å². The van der Waals surface area contributed by atoms with Gasteiger partial charge in [-0.3, -0.25) is 19.4 Å². The lowest BCUT2D eigenvalue weighted by Crippen LogP contribution is -2.62. The van der Waals surface area contributed by atoms with Crippen molar-refractivity contribution in [2.75, 3.05) is 5.32 Å². The fourth-order valence-corrected chi connectivity index (χ4v) is 4.62. The first-order valence-electron chi connectivity index (χ1n) is 10.6. The number of Topliss-reactive ketones (excluding diaryl/α,β-unsaturated/α-hetero) is 1. The van der Waals surface area contributed by atoms with Crippen molar-refractivity contribution >= 4 is 23.3 Å². The van der Waals surface area contributed by atoms with Gasteiger partial charge in [-0.05, 0) is 18.6 Å². The zero-order valence-electron chi connectivity index (χ0n) is 18.6. The number of halogens is 6. The van der Waals surface area contributed by atoms with E-state index in [0.29, 0.717) is 0 Å². The summed E-state index contributed by atoms with van der Waals surface area (Å²) in [7, 11) is 0. The lowest BCUT2D eigenvalue weighted by molar-refractivity contribution is -0.133. The van der Waals surface area contributed by atoms with Crippen molar-refractivity contribution < 1.29 is 40.7 Å². The van der Waals surface area contributed by atoms with Crippen molar-refractivity contribution in [1.82, 2.24) is 14.9 Å². The molecule has 1 atom stereocenters. The standard InChI is InChI=1S/C23H18F6N4O3/c1-3-22(8-23(28,29)9-22)32-21(36)18(34)14-10(2)17(33-7-11(24)6-13(14)33)20(35)31-12-4-5-30-16(15(12)25)19(26)27/h1,4-5,11,19H,6-9H2,2H3,(H,32,36)(H,30,31,35)/t11-/m1/s1. The van der Waals surface area contributed by atoms with Crippen LogP contribution in [0.15, 0.2) is 12.3 Å². The average molecular weight is 512 g/mol. The molecule has 7 nitrogen and oxygen atoms in total. The largest absolute Gasteiger partial charge is 0.337 e. The SMILES string of the molecule is C#CC1(NC(=O)C(=O)c2c(C)c(C(=O)Nc3ccnc(C(F)F)c3F)n3c2C[C@@H](F)C3)CC(F)(F)C1. The Hall–Kier alpha value is -3.82. The Balaban J connectivity index is 1.66. The van der Waals surface area contributed by atoms with E-state index in [4.69, 9.17) is 6.42 Å². The molecule has 1 saturated carbocycles. The normalized spacial score (nSPS) is 19.2. The molecule has 190 valence electrons. The molecular weight excluding hydrogens is 494 g/mol. The molecule has 0 saturated heterocycles. The molecule has 3 heterocycles. The molecule has 0 aromatic carbocycles. The summed E-state index contributed by atoms with van der Waals surface area (Å²) in [5.74, 6) is -6.09. The molecule has 0 radical (unpaired) electrons. The zero-order chi connectivity index (χ0) is 26.6. The first-order chi connectivity index (χ1) is 16.8. The fourth-order valence-electron chi connectivity index (χ4n) is 4.62. The number of aromatic nitrogens is 2. The van der Waals surface area contributed by atoms with Crippen LogP contribution in [0.4, 0.5) is 32.0 Å². The Morgan fingerprint density at radius 2 is 1.94 bits per heavy atom. The van der Waals surface area contributed by atoms with E-state index in [2.05, 4.69) is 21.5 Å². The van der Waals surface area contributed by atoms with Gasteiger partial charge in [0.15, 0.2) is 5.82 Å². The smallest absolute Gasteiger partial charge is 0.293 e. The molecule has 2 aliphatic rings. The second kappa shape index (κ2) is 8.69. The third-order valence-electron chi connectivity index (χ3n) is 6.18. The van der Waals surface area contributed by atoms with Crippen molar-refractivity contribution in [3.63, 3.8) is 0 Å². The summed E-state index contributed by atoms with van der Waals surface area (Å²) in [6.45, 7) is 0.922. The highest BCUT2D eigenvalue weighted by molar-refractivity contribution is 6.44. The van der Waals surface area contributed by atoms with Gasteiger partial charge in [0, 0.05) is 31.2 Å². The number of nitrogens with zero attached hydrogens (tertiary/aromatic N) is 2. The number of terminal acetylenes is 1. The molecule has 36 heavy (non-hydrogen) atoms. The Morgan fingerprint density at radius 1 is 1.28 bits per heavy atom. The molecule has 2 amide bonds. The number of ketones is 1. The highest BCUT2D eigenvalue weighted by atomic mass is 19.3. The number of hydrogen-bond acceptors (Lipinski definition) is 4. The van der Waals surface area contributed by atoms with Gasteiger partial charge in [-0.2, -0.15) is 0 Å². The molecule has 0 unspecified atom stereocenters. The van der Waals surface area contributed by atoms with Crippen LogP contribution in [0.2, 0.25) is 0 Å². The molecule has 2 aromatic rings. The van der Waals surface area contributed by atoms with Crippen molar-refractivity contribution in [3.8, 4) is 12.3 Å². The Labute approximate surface area is 200 Å². The maximum atomic E-state index is 14.4. The molecule has 2 N–H and O–H groups in total. The van der Waals surface area contributed by atoms with Crippen molar-refractivity contribution in [1.29, 1.82) is 0 Å². The average Bonchev–Trinajstić information content (AvgIpc) is 3.25. The minimum atomic E-state index is -3.25. The number of pyridine rings is 1. The summed E-state index contributed by atoms with van der Waals surface area (Å²) < 4.78 is 82.4. The van der Waals surface area contributed by atoms with Crippen LogP contribution in [0.5, 0.6) is 0 Å². The van der Waals surface area contributed by atoms with Gasteiger partial charge >= 0.3 is 0 Å². The van der Waals surface area contributed by atoms with Crippen molar-refractivity contribution in [2.24, 2.45) is 0 Å². The third kappa shape index (κ3) is 4.20. The molecule has 13 heteroatoms. The molecular formula is C23H18F6N4O3. The summed E-state index contributed by atoms with van der Waals surface area (Å²) in [5, 5.41) is 4.24. The van der Waals surface area contributed by atoms with Gasteiger partial charge in [0.25, 0.3) is 29.9 Å². The lowest BCUT2D eigenvalue weighted by atomic mass is 9.74. The number of amides is 2. The molecule has 2 aromatic heterocycles. The number of fused-ring (bicyclic) bond motifs is 1. The van der Waals surface area contributed by atoms with Crippen LogP contribution in [0, 0.1) is 25.1 Å². The number of carbonyl (C=O) groups is 3. The number of carbonyl (C=O) groups excluding carboxylic acids is 3. The monoisotopic (exact) mass is 512 g/mol. The minimum absolute atomic E-state index is 0.00228. The van der Waals surface area contributed by atoms with Crippen LogP contribution in [0.1, 0.15) is 57.1 Å². The van der Waals surface area contributed by atoms with Gasteiger partial charge in [-0.1, -0.05) is 5.92 Å². The van der Waals surface area contributed by atoms with Crippen LogP contribution < -0.4 is 10.6 Å². The lowest BCUT2D eigenvalue weighted by Gasteiger charge is -2.43. The summed E-state index contributed by atoms with van der Waals surface area (Å²) in [4.78, 5) is 41.9. The van der Waals surface area contributed by atoms with E-state index in [0.717, 1.165) is 16.8 Å². The van der Waals surface area contributed by atoms with Crippen LogP contribution in [-0.2, 0) is 17.8 Å². The number of hydrogen-bond donors (Lipinski definition) is 2. The molecule has 0 bridgehead atoms. The highest BCUT2D eigenvalue weighted by Gasteiger charge is 2.57. The first-order valence-corrected chi connectivity index (χ1v) is 10.6. The predicted octanol–water partition coefficient (Wildman–Crippen LogP) is 3.51. The molecule has 4 rings (SSSR count). The van der Waals surface area contributed by atoms with Gasteiger partial charge in [0.1, 0.15) is 23.1 Å². The van der Waals surface area contributed by atoms with Crippen LogP contribution >= 0.6 is 0 Å². The van der Waals surface area contributed by atoms with Crippen molar-refractivity contribution in [2.45, 2.75) is 56.8 Å². The molecule has 0 spiro atoms. The van der Waals surface area contributed by atoms with E-state index >= 15 is 0 Å². The van der Waals surface area contributed by atoms with Crippen LogP contribution in [-0.4, -0.2) is 44.8 Å². The van der Waals surface area contributed by atoms with E-state index in [1.807, 2.05) is 0 Å². The highest BCUT2D eigenvalue weighted by Crippen LogP contribution is 2.45. The van der Waals surface area contributed by atoms with E-state index < -0.39 is 71.7 Å². The second-order valence-corrected chi connectivity index (χ2v) is 8.74. The Morgan fingerprint density at radius 3 is 2.53 bits per heavy atom. The number of rotatable bonds is 6. The molecule has 1 aliphatic carbocycles. The van der Waals surface area contributed by atoms with E-state index in [-0.39, 0.29) is 35.5 Å². The van der Waals surface area contributed by atoms with Crippen LogP contribution in [0.25, 0.3) is 0 Å². The third-order valence-corrected chi connectivity index (χ3v) is 6.18. The Kier molecular flexibility index (Phi) is 6.10. The Bertz CT molecular complexity index is 1320. The molecule has 1 fully saturated rings. The van der Waals surface area contributed by atoms with Crippen LogP contribution in [0.3, 0.4) is 0 Å². The summed E-state index contributed by atoms with van der Waals surface area (Å²) in [5.41, 5.74) is -4.21. The number of nitrogens with one attached hydrogen (secondary N) is 2. The van der Waals surface area contributed by atoms with Gasteiger partial charge in [0.05, 0.1) is 17.8 Å². The zero-order valence-corrected chi connectivity index (χ0v) is 18.6. The second-order valence-electron chi connectivity index (χ2n) is 8.74. The van der Waals surface area contributed by atoms with E-state index in [9.17, 15) is 40.7 Å². The topological polar surface area (TPSA) is 93.1 Å². The van der Waals surface area contributed by atoms with E-state index in [1.165, 1.54) is 6.92 Å². The van der Waals surface area contributed by atoms with Gasteiger partial charge < -0.3 is 15.2 Å². The molecule has 1 aliphatic heterocycles. The maximum Gasteiger partial charge on any atom is 0.293 e. The minimum Gasteiger partial charge on any atom is -0.337 e. The summed E-state index contributed by atoms with van der Waals surface area (Å²) >= 11 is 0. The first kappa shape index (κ1) is 25.3. The fraction of sp³-hybridized carbons (Fsp3) is 0.391. The van der Waals surface area contributed by atoms with Gasteiger partial charge in [-0.15, -0.1) is 6.42 Å². The van der Waals surface area contributed by atoms with Crippen molar-refractivity contribution in [3.05, 3.63) is 46.3 Å².